The summed E-state index contributed by atoms with van der Waals surface area (Å²) in [7, 11) is 3.19. The molecule has 0 atom stereocenters. The molecule has 0 spiro atoms. The fraction of sp³-hybridized carbons (Fsp3) is 0.278. The Labute approximate surface area is 154 Å². The van der Waals surface area contributed by atoms with E-state index in [0.29, 0.717) is 35.9 Å². The number of methoxy groups -OCH3 is 2. The SMILES string of the molecule is COc1ccc(CCNC(=O)c2cc(-c3csc(C)n3)on2)cc1OC. The topological polar surface area (TPSA) is 86.5 Å². The van der Waals surface area contributed by atoms with Crippen LogP contribution < -0.4 is 14.8 Å². The lowest BCUT2D eigenvalue weighted by Crippen LogP contribution is -2.25. The van der Waals surface area contributed by atoms with Crippen molar-refractivity contribution in [2.45, 2.75) is 13.3 Å². The van der Waals surface area contributed by atoms with Gasteiger partial charge in [0, 0.05) is 18.0 Å². The maximum atomic E-state index is 12.2. The number of hydrogen-bond donors (Lipinski definition) is 1. The standard InChI is InChI=1S/C18H19N3O4S/c1-11-20-14(10-26-11)16-9-13(21-25-16)18(22)19-7-6-12-4-5-15(23-2)17(8-12)24-3/h4-5,8-10H,6-7H2,1-3H3,(H,19,22). The molecule has 2 heterocycles. The molecule has 0 aliphatic heterocycles. The summed E-state index contributed by atoms with van der Waals surface area (Å²) in [6.07, 6.45) is 0.655. The number of amides is 1. The Kier molecular flexibility index (Phi) is 5.52. The molecule has 0 bridgehead atoms. The van der Waals surface area contributed by atoms with Crippen LogP contribution in [0.1, 0.15) is 21.1 Å². The van der Waals surface area contributed by atoms with E-state index in [-0.39, 0.29) is 11.6 Å². The van der Waals surface area contributed by atoms with Gasteiger partial charge in [0.1, 0.15) is 5.69 Å². The lowest BCUT2D eigenvalue weighted by atomic mass is 10.1. The van der Waals surface area contributed by atoms with Crippen LogP contribution in [0.15, 0.2) is 34.2 Å². The fourth-order valence-electron chi connectivity index (χ4n) is 2.43. The van der Waals surface area contributed by atoms with Crippen molar-refractivity contribution >= 4 is 17.2 Å². The number of ether oxygens (including phenoxy) is 2. The number of aryl methyl sites for hydroxylation is 1. The third-order valence-electron chi connectivity index (χ3n) is 3.76. The molecule has 1 aromatic carbocycles. The van der Waals surface area contributed by atoms with Crippen molar-refractivity contribution in [2.75, 3.05) is 20.8 Å². The van der Waals surface area contributed by atoms with E-state index in [0.717, 1.165) is 10.6 Å². The Morgan fingerprint density at radius 3 is 2.73 bits per heavy atom. The second-order valence-corrected chi connectivity index (χ2v) is 6.59. The average Bonchev–Trinajstić information content (AvgIpc) is 3.30. The summed E-state index contributed by atoms with van der Waals surface area (Å²) in [5.41, 5.74) is 1.95. The van der Waals surface area contributed by atoms with Crippen LogP contribution in [0, 0.1) is 6.92 Å². The zero-order valence-electron chi connectivity index (χ0n) is 14.7. The molecule has 7 nitrogen and oxygen atoms in total. The number of aromatic nitrogens is 2. The molecule has 3 aromatic rings. The monoisotopic (exact) mass is 373 g/mol. The Morgan fingerprint density at radius 2 is 2.04 bits per heavy atom. The molecule has 0 radical (unpaired) electrons. The van der Waals surface area contributed by atoms with Crippen LogP contribution in [0.2, 0.25) is 0 Å². The first-order valence-electron chi connectivity index (χ1n) is 7.99. The minimum absolute atomic E-state index is 0.234. The highest BCUT2D eigenvalue weighted by atomic mass is 32.1. The molecule has 8 heteroatoms. The average molecular weight is 373 g/mol. The molecule has 26 heavy (non-hydrogen) atoms. The van der Waals surface area contributed by atoms with Gasteiger partial charge in [-0.3, -0.25) is 4.79 Å². The van der Waals surface area contributed by atoms with Crippen LogP contribution in [0.4, 0.5) is 0 Å². The van der Waals surface area contributed by atoms with E-state index in [1.54, 1.807) is 20.3 Å². The zero-order chi connectivity index (χ0) is 18.5. The van der Waals surface area contributed by atoms with Gasteiger partial charge in [0.25, 0.3) is 5.91 Å². The van der Waals surface area contributed by atoms with Crippen molar-refractivity contribution in [3.63, 3.8) is 0 Å². The fourth-order valence-corrected chi connectivity index (χ4v) is 3.03. The van der Waals surface area contributed by atoms with Crippen molar-refractivity contribution in [3.8, 4) is 23.0 Å². The van der Waals surface area contributed by atoms with Crippen LogP contribution in [0.25, 0.3) is 11.5 Å². The van der Waals surface area contributed by atoms with Gasteiger partial charge < -0.3 is 19.3 Å². The Balaban J connectivity index is 1.57. The summed E-state index contributed by atoms with van der Waals surface area (Å²) < 4.78 is 15.7. The Bertz CT molecular complexity index is 903. The van der Waals surface area contributed by atoms with Gasteiger partial charge >= 0.3 is 0 Å². The number of carbonyl (C=O) groups excluding carboxylic acids is 1. The second kappa shape index (κ2) is 8.01. The highest BCUT2D eigenvalue weighted by Gasteiger charge is 2.15. The third-order valence-corrected chi connectivity index (χ3v) is 4.53. The van der Waals surface area contributed by atoms with Gasteiger partial charge in [-0.25, -0.2) is 4.98 Å². The van der Waals surface area contributed by atoms with Crippen molar-refractivity contribution in [1.82, 2.24) is 15.5 Å². The highest BCUT2D eigenvalue weighted by Crippen LogP contribution is 2.27. The largest absolute Gasteiger partial charge is 0.493 e. The second-order valence-electron chi connectivity index (χ2n) is 5.52. The zero-order valence-corrected chi connectivity index (χ0v) is 15.6. The van der Waals surface area contributed by atoms with Gasteiger partial charge in [0.05, 0.1) is 19.2 Å². The van der Waals surface area contributed by atoms with Crippen molar-refractivity contribution in [1.29, 1.82) is 0 Å². The molecule has 0 saturated heterocycles. The smallest absolute Gasteiger partial charge is 0.273 e. The molecule has 2 aromatic heterocycles. The number of hydrogen-bond acceptors (Lipinski definition) is 7. The molecule has 0 aliphatic rings. The first kappa shape index (κ1) is 17.9. The quantitative estimate of drug-likeness (QED) is 0.685. The number of benzene rings is 1. The van der Waals surface area contributed by atoms with E-state index >= 15 is 0 Å². The van der Waals surface area contributed by atoms with E-state index in [4.69, 9.17) is 14.0 Å². The van der Waals surface area contributed by atoms with Gasteiger partial charge in [0.2, 0.25) is 0 Å². The summed E-state index contributed by atoms with van der Waals surface area (Å²) in [5.74, 6) is 1.54. The third kappa shape index (κ3) is 4.02. The van der Waals surface area contributed by atoms with Gasteiger partial charge in [-0.05, 0) is 31.0 Å². The molecule has 3 rings (SSSR count). The van der Waals surface area contributed by atoms with E-state index < -0.39 is 0 Å². The number of thiazole rings is 1. The van der Waals surface area contributed by atoms with Crippen LogP contribution in [0.3, 0.4) is 0 Å². The minimum atomic E-state index is -0.285. The summed E-state index contributed by atoms with van der Waals surface area (Å²) in [6, 6.07) is 7.27. The summed E-state index contributed by atoms with van der Waals surface area (Å²) >= 11 is 1.52. The van der Waals surface area contributed by atoms with E-state index in [9.17, 15) is 4.79 Å². The van der Waals surface area contributed by atoms with Gasteiger partial charge in [-0.15, -0.1) is 11.3 Å². The van der Waals surface area contributed by atoms with Gasteiger partial charge in [0.15, 0.2) is 23.0 Å². The highest BCUT2D eigenvalue weighted by molar-refractivity contribution is 7.09. The molecular formula is C18H19N3O4S. The molecule has 0 unspecified atom stereocenters. The molecule has 0 aliphatic carbocycles. The minimum Gasteiger partial charge on any atom is -0.493 e. The number of carbonyl (C=O) groups is 1. The Morgan fingerprint density at radius 1 is 1.23 bits per heavy atom. The molecule has 136 valence electrons. The summed E-state index contributed by atoms with van der Waals surface area (Å²) in [5, 5.41) is 9.45. The first-order valence-corrected chi connectivity index (χ1v) is 8.87. The van der Waals surface area contributed by atoms with Gasteiger partial charge in [-0.1, -0.05) is 11.2 Å². The number of nitrogens with zero attached hydrogens (tertiary/aromatic N) is 2. The molecular weight excluding hydrogens is 354 g/mol. The summed E-state index contributed by atoms with van der Waals surface area (Å²) in [4.78, 5) is 16.5. The maximum absolute atomic E-state index is 12.2. The Hall–Kier alpha value is -2.87. The van der Waals surface area contributed by atoms with Crippen LogP contribution in [-0.4, -0.2) is 36.8 Å². The summed E-state index contributed by atoms with van der Waals surface area (Å²) in [6.45, 7) is 2.37. The van der Waals surface area contributed by atoms with Crippen LogP contribution >= 0.6 is 11.3 Å². The van der Waals surface area contributed by atoms with Crippen molar-refractivity contribution < 1.29 is 18.8 Å². The van der Waals surface area contributed by atoms with Gasteiger partial charge in [-0.2, -0.15) is 0 Å². The van der Waals surface area contributed by atoms with Crippen LogP contribution in [0.5, 0.6) is 11.5 Å². The number of rotatable bonds is 7. The lowest BCUT2D eigenvalue weighted by molar-refractivity contribution is 0.0945. The maximum Gasteiger partial charge on any atom is 0.273 e. The molecule has 1 N–H and O–H groups in total. The first-order chi connectivity index (χ1) is 12.6. The van der Waals surface area contributed by atoms with Crippen LogP contribution in [-0.2, 0) is 6.42 Å². The van der Waals surface area contributed by atoms with E-state index in [2.05, 4.69) is 15.5 Å². The molecule has 0 saturated carbocycles. The van der Waals surface area contributed by atoms with Crippen molar-refractivity contribution in [2.24, 2.45) is 0 Å². The van der Waals surface area contributed by atoms with E-state index in [1.165, 1.54) is 11.3 Å². The number of nitrogens with one attached hydrogen (secondary N) is 1. The lowest BCUT2D eigenvalue weighted by Gasteiger charge is -2.09. The predicted octanol–water partition coefficient (Wildman–Crippen LogP) is 3.10. The van der Waals surface area contributed by atoms with Crippen molar-refractivity contribution in [3.05, 3.63) is 45.9 Å². The predicted molar refractivity (Wildman–Crippen MR) is 97.9 cm³/mol. The van der Waals surface area contributed by atoms with E-state index in [1.807, 2.05) is 30.5 Å². The molecule has 0 fully saturated rings. The molecule has 1 amide bonds. The normalized spacial score (nSPS) is 10.6.